The maximum atomic E-state index is 12.4. The average Bonchev–Trinajstić information content (AvgIpc) is 2.46. The summed E-state index contributed by atoms with van der Waals surface area (Å²) in [5.74, 6) is 0.513. The molecule has 0 bridgehead atoms. The maximum absolute atomic E-state index is 12.4. The van der Waals surface area contributed by atoms with E-state index in [9.17, 15) is 13.2 Å². The van der Waals surface area contributed by atoms with Crippen LogP contribution in [0.2, 0.25) is 5.02 Å². The molecule has 128 valence electrons. The van der Waals surface area contributed by atoms with Gasteiger partial charge >= 0.3 is 0 Å². The van der Waals surface area contributed by atoms with Crippen molar-refractivity contribution in [2.75, 3.05) is 30.2 Å². The molecule has 1 aliphatic rings. The molecule has 1 unspecified atom stereocenters. The summed E-state index contributed by atoms with van der Waals surface area (Å²) in [6.45, 7) is 3.78. The molecular formula is C16H23ClN2O3S. The number of amides is 1. The number of carbonyl (C=O) groups excluding carboxylic acids is 1. The third kappa shape index (κ3) is 5.11. The number of halogens is 1. The minimum absolute atomic E-state index is 0.00669. The highest BCUT2D eigenvalue weighted by Crippen LogP contribution is 2.22. The third-order valence-electron chi connectivity index (χ3n) is 4.03. The molecule has 2 rings (SSSR count). The summed E-state index contributed by atoms with van der Waals surface area (Å²) >= 11 is 5.94. The molecule has 0 aromatic heterocycles. The number of nitrogens with zero attached hydrogens (tertiary/aromatic N) is 2. The normalized spacial score (nSPS) is 18.7. The largest absolute Gasteiger partial charge is 0.342 e. The van der Waals surface area contributed by atoms with Gasteiger partial charge in [-0.1, -0.05) is 24.6 Å². The van der Waals surface area contributed by atoms with Gasteiger partial charge in [-0.15, -0.1) is 0 Å². The quantitative estimate of drug-likeness (QED) is 0.813. The summed E-state index contributed by atoms with van der Waals surface area (Å²) < 4.78 is 25.3. The number of rotatable bonds is 5. The van der Waals surface area contributed by atoms with Crippen LogP contribution in [0.15, 0.2) is 24.3 Å². The summed E-state index contributed by atoms with van der Waals surface area (Å²) in [6, 6.07) is 6.66. The van der Waals surface area contributed by atoms with E-state index < -0.39 is 10.0 Å². The number of anilines is 1. The van der Waals surface area contributed by atoms with Crippen LogP contribution in [0.3, 0.4) is 0 Å². The fraction of sp³-hybridized carbons (Fsp3) is 0.562. The van der Waals surface area contributed by atoms with Gasteiger partial charge in [-0.05, 0) is 37.0 Å². The highest BCUT2D eigenvalue weighted by Gasteiger charge is 2.23. The molecule has 0 radical (unpaired) electrons. The summed E-state index contributed by atoms with van der Waals surface area (Å²) in [4.78, 5) is 14.2. The molecule has 0 spiro atoms. The van der Waals surface area contributed by atoms with E-state index in [1.165, 1.54) is 4.31 Å². The van der Waals surface area contributed by atoms with Gasteiger partial charge in [-0.2, -0.15) is 0 Å². The van der Waals surface area contributed by atoms with Crippen LogP contribution in [0.25, 0.3) is 0 Å². The van der Waals surface area contributed by atoms with Crippen LogP contribution in [-0.2, 0) is 14.8 Å². The second-order valence-corrected chi connectivity index (χ2v) is 8.50. The minimum Gasteiger partial charge on any atom is -0.342 e. The predicted octanol–water partition coefficient (Wildman–Crippen LogP) is 2.75. The molecular weight excluding hydrogens is 336 g/mol. The van der Waals surface area contributed by atoms with Crippen molar-refractivity contribution in [1.29, 1.82) is 0 Å². The predicted molar refractivity (Wildman–Crippen MR) is 93.2 cm³/mol. The highest BCUT2D eigenvalue weighted by molar-refractivity contribution is 7.92. The Morgan fingerprint density at radius 3 is 2.78 bits per heavy atom. The van der Waals surface area contributed by atoms with E-state index in [1.54, 1.807) is 24.3 Å². The van der Waals surface area contributed by atoms with Gasteiger partial charge in [-0.25, -0.2) is 8.42 Å². The maximum Gasteiger partial charge on any atom is 0.232 e. The van der Waals surface area contributed by atoms with Crippen molar-refractivity contribution in [3.8, 4) is 0 Å². The van der Waals surface area contributed by atoms with E-state index >= 15 is 0 Å². The zero-order valence-corrected chi connectivity index (χ0v) is 15.1. The topological polar surface area (TPSA) is 57.7 Å². The molecule has 5 nitrogen and oxygen atoms in total. The number of hydrogen-bond donors (Lipinski definition) is 0. The molecule has 1 fully saturated rings. The van der Waals surface area contributed by atoms with Crippen LogP contribution in [0, 0.1) is 5.92 Å². The molecule has 1 amide bonds. The number of likely N-dealkylation sites (tertiary alicyclic amines) is 1. The fourth-order valence-electron chi connectivity index (χ4n) is 2.89. The monoisotopic (exact) mass is 358 g/mol. The van der Waals surface area contributed by atoms with Crippen LogP contribution >= 0.6 is 11.6 Å². The molecule has 1 aliphatic heterocycles. The smallest absolute Gasteiger partial charge is 0.232 e. The summed E-state index contributed by atoms with van der Waals surface area (Å²) in [6.07, 6.45) is 3.46. The Kier molecular flexibility index (Phi) is 5.92. The lowest BCUT2D eigenvalue weighted by atomic mass is 10.00. The second kappa shape index (κ2) is 7.53. The number of piperidine rings is 1. The first kappa shape index (κ1) is 18.1. The van der Waals surface area contributed by atoms with Crippen LogP contribution in [-0.4, -0.2) is 45.1 Å². The number of benzene rings is 1. The van der Waals surface area contributed by atoms with Gasteiger partial charge in [0, 0.05) is 31.1 Å². The fourth-order valence-corrected chi connectivity index (χ4v) is 3.99. The van der Waals surface area contributed by atoms with E-state index in [-0.39, 0.29) is 18.9 Å². The van der Waals surface area contributed by atoms with Crippen molar-refractivity contribution in [1.82, 2.24) is 4.90 Å². The van der Waals surface area contributed by atoms with Crippen molar-refractivity contribution in [2.45, 2.75) is 26.2 Å². The Morgan fingerprint density at radius 1 is 1.43 bits per heavy atom. The first-order chi connectivity index (χ1) is 10.8. The van der Waals surface area contributed by atoms with Crippen LogP contribution < -0.4 is 4.31 Å². The van der Waals surface area contributed by atoms with Crippen molar-refractivity contribution in [3.63, 3.8) is 0 Å². The molecule has 0 N–H and O–H groups in total. The first-order valence-electron chi connectivity index (χ1n) is 7.78. The SMILES string of the molecule is CC1CCCN(C(=O)CCN(c2cccc(Cl)c2)S(C)(=O)=O)C1. The van der Waals surface area contributed by atoms with Crippen LogP contribution in [0.5, 0.6) is 0 Å². The molecule has 1 saturated heterocycles. The van der Waals surface area contributed by atoms with E-state index in [0.717, 1.165) is 32.2 Å². The second-order valence-electron chi connectivity index (χ2n) is 6.15. The van der Waals surface area contributed by atoms with Gasteiger partial charge in [0.2, 0.25) is 15.9 Å². The zero-order valence-electron chi connectivity index (χ0n) is 13.5. The third-order valence-corrected chi connectivity index (χ3v) is 5.46. The van der Waals surface area contributed by atoms with Crippen molar-refractivity contribution in [3.05, 3.63) is 29.3 Å². The lowest BCUT2D eigenvalue weighted by Crippen LogP contribution is -2.41. The first-order valence-corrected chi connectivity index (χ1v) is 10.0. The summed E-state index contributed by atoms with van der Waals surface area (Å²) in [5.41, 5.74) is 0.486. The average molecular weight is 359 g/mol. The van der Waals surface area contributed by atoms with Gasteiger partial charge in [0.1, 0.15) is 0 Å². The van der Waals surface area contributed by atoms with Crippen LogP contribution in [0.4, 0.5) is 5.69 Å². The molecule has 23 heavy (non-hydrogen) atoms. The Labute approximate surface area is 143 Å². The van der Waals surface area contributed by atoms with Gasteiger partial charge in [0.05, 0.1) is 11.9 Å². The number of carbonyl (C=O) groups is 1. The molecule has 1 aromatic rings. The Hall–Kier alpha value is -1.27. The number of hydrogen-bond acceptors (Lipinski definition) is 3. The zero-order chi connectivity index (χ0) is 17.0. The van der Waals surface area contributed by atoms with Crippen molar-refractivity contribution < 1.29 is 13.2 Å². The lowest BCUT2D eigenvalue weighted by Gasteiger charge is -2.31. The Balaban J connectivity index is 2.06. The molecule has 1 heterocycles. The van der Waals surface area contributed by atoms with E-state index in [2.05, 4.69) is 6.92 Å². The molecule has 0 aliphatic carbocycles. The van der Waals surface area contributed by atoms with Crippen molar-refractivity contribution >= 4 is 33.2 Å². The van der Waals surface area contributed by atoms with Crippen LogP contribution in [0.1, 0.15) is 26.2 Å². The lowest BCUT2D eigenvalue weighted by molar-refractivity contribution is -0.132. The highest BCUT2D eigenvalue weighted by atomic mass is 35.5. The van der Waals surface area contributed by atoms with Crippen molar-refractivity contribution in [2.24, 2.45) is 5.92 Å². The van der Waals surface area contributed by atoms with Gasteiger partial charge in [-0.3, -0.25) is 9.10 Å². The van der Waals surface area contributed by atoms with E-state index in [1.807, 2.05) is 4.90 Å². The summed E-state index contributed by atoms with van der Waals surface area (Å²) in [7, 11) is -3.47. The molecule has 7 heteroatoms. The number of sulfonamides is 1. The van der Waals surface area contributed by atoms with Gasteiger partial charge < -0.3 is 4.90 Å². The van der Waals surface area contributed by atoms with Gasteiger partial charge in [0.25, 0.3) is 0 Å². The minimum atomic E-state index is -3.47. The van der Waals surface area contributed by atoms with E-state index in [4.69, 9.17) is 11.6 Å². The molecule has 1 atom stereocenters. The molecule has 0 saturated carbocycles. The standard InChI is InChI=1S/C16H23ClN2O3S/c1-13-5-4-9-18(12-13)16(20)8-10-19(23(2,21)22)15-7-3-6-14(17)11-15/h3,6-7,11,13H,4-5,8-10,12H2,1-2H3. The Morgan fingerprint density at radius 2 is 2.17 bits per heavy atom. The molecule has 1 aromatic carbocycles. The summed E-state index contributed by atoms with van der Waals surface area (Å²) in [5, 5.41) is 0.465. The van der Waals surface area contributed by atoms with E-state index in [0.29, 0.717) is 16.6 Å². The van der Waals surface area contributed by atoms with Gasteiger partial charge in [0.15, 0.2) is 0 Å². The Bertz CT molecular complexity index is 663.